The predicted molar refractivity (Wildman–Crippen MR) is 225 cm³/mol. The summed E-state index contributed by atoms with van der Waals surface area (Å²) >= 11 is 1.88. The predicted octanol–water partition coefficient (Wildman–Crippen LogP) is 14.8. The summed E-state index contributed by atoms with van der Waals surface area (Å²) < 4.78 is 2.59. The summed E-state index contributed by atoms with van der Waals surface area (Å²) in [6.45, 7) is 0. The van der Waals surface area contributed by atoms with Crippen molar-refractivity contribution in [3.63, 3.8) is 0 Å². The van der Waals surface area contributed by atoms with Crippen molar-refractivity contribution in [2.75, 3.05) is 4.90 Å². The molecule has 52 heavy (non-hydrogen) atoms. The second-order valence-corrected chi connectivity index (χ2v) is 14.4. The van der Waals surface area contributed by atoms with Crippen LogP contribution in [0.25, 0.3) is 75.1 Å². The van der Waals surface area contributed by atoms with Gasteiger partial charge in [-0.05, 0) is 110 Å². The smallest absolute Gasteiger partial charge is 0.0555 e. The maximum atomic E-state index is 2.42. The third-order valence-corrected chi connectivity index (χ3v) is 11.4. The molecule has 0 unspecified atom stereocenters. The van der Waals surface area contributed by atoms with Crippen molar-refractivity contribution in [1.29, 1.82) is 0 Å². The topological polar surface area (TPSA) is 3.24 Å². The van der Waals surface area contributed by atoms with E-state index in [1.54, 1.807) is 0 Å². The standard InChI is InChI=1S/C50H33NS/c1-3-14-35(15-4-1)45-32-38-17-9-10-18-39(38)33-46(45)36-25-27-42(28-26-36)51(41-19-5-2-6-20-41)47-30-29-43(40-24-23-34-13-7-8-16-37(34)31-40)50-49(47)44-21-11-12-22-48(44)52-50/h1-33H. The molecule has 0 spiro atoms. The number of nitrogens with zero attached hydrogens (tertiary/aromatic N) is 1. The molecule has 10 rings (SSSR count). The molecule has 0 aliphatic heterocycles. The molecular weight excluding hydrogens is 647 g/mol. The SMILES string of the molecule is c1ccc(-c2cc3ccccc3cc2-c2ccc(N(c3ccccc3)c3ccc(-c4ccc5ccccc5c4)c4sc5ccccc5c34)cc2)cc1. The van der Waals surface area contributed by atoms with Crippen LogP contribution in [0.1, 0.15) is 0 Å². The summed E-state index contributed by atoms with van der Waals surface area (Å²) in [4.78, 5) is 2.42. The minimum absolute atomic E-state index is 1.12. The van der Waals surface area contributed by atoms with E-state index in [0.29, 0.717) is 0 Å². The molecule has 0 aliphatic carbocycles. The van der Waals surface area contributed by atoms with Gasteiger partial charge >= 0.3 is 0 Å². The lowest BCUT2D eigenvalue weighted by Gasteiger charge is -2.27. The second-order valence-electron chi connectivity index (χ2n) is 13.3. The van der Waals surface area contributed by atoms with Gasteiger partial charge in [0.1, 0.15) is 0 Å². The summed E-state index contributed by atoms with van der Waals surface area (Å²) in [7, 11) is 0. The third kappa shape index (κ3) is 5.24. The van der Waals surface area contributed by atoms with Gasteiger partial charge in [-0.2, -0.15) is 0 Å². The zero-order valence-electron chi connectivity index (χ0n) is 28.4. The molecule has 0 aliphatic rings. The van der Waals surface area contributed by atoms with Crippen molar-refractivity contribution >= 4 is 70.1 Å². The van der Waals surface area contributed by atoms with E-state index >= 15 is 0 Å². The molecule has 1 aromatic heterocycles. The van der Waals surface area contributed by atoms with Crippen molar-refractivity contribution in [2.45, 2.75) is 0 Å². The number of rotatable bonds is 6. The lowest BCUT2D eigenvalue weighted by atomic mass is 9.91. The fourth-order valence-electron chi connectivity index (χ4n) is 7.71. The zero-order chi connectivity index (χ0) is 34.4. The molecule has 0 amide bonds. The van der Waals surface area contributed by atoms with E-state index in [4.69, 9.17) is 0 Å². The highest BCUT2D eigenvalue weighted by Crippen LogP contribution is 2.48. The molecule has 9 aromatic carbocycles. The normalized spacial score (nSPS) is 11.5. The first-order chi connectivity index (χ1) is 25.8. The van der Waals surface area contributed by atoms with Crippen LogP contribution in [0.15, 0.2) is 200 Å². The molecule has 1 heterocycles. The largest absolute Gasteiger partial charge is 0.310 e. The fourth-order valence-corrected chi connectivity index (χ4v) is 8.97. The Morgan fingerprint density at radius 1 is 0.346 bits per heavy atom. The number of benzene rings is 9. The molecule has 0 radical (unpaired) electrons. The van der Waals surface area contributed by atoms with Gasteiger partial charge in [0, 0.05) is 31.5 Å². The average molecular weight is 680 g/mol. The molecule has 0 fully saturated rings. The second kappa shape index (κ2) is 12.7. The van der Waals surface area contributed by atoms with E-state index < -0.39 is 0 Å². The molecule has 0 saturated carbocycles. The van der Waals surface area contributed by atoms with Gasteiger partial charge in [-0.3, -0.25) is 0 Å². The fraction of sp³-hybridized carbons (Fsp3) is 0. The van der Waals surface area contributed by atoms with E-state index in [9.17, 15) is 0 Å². The van der Waals surface area contributed by atoms with Gasteiger partial charge in [0.2, 0.25) is 0 Å². The minimum Gasteiger partial charge on any atom is -0.310 e. The maximum Gasteiger partial charge on any atom is 0.0555 e. The minimum atomic E-state index is 1.12. The first-order valence-corrected chi connectivity index (χ1v) is 18.6. The van der Waals surface area contributed by atoms with Crippen LogP contribution in [0.5, 0.6) is 0 Å². The van der Waals surface area contributed by atoms with E-state index in [-0.39, 0.29) is 0 Å². The Kier molecular flexibility index (Phi) is 7.41. The number of fused-ring (bicyclic) bond motifs is 5. The van der Waals surface area contributed by atoms with Crippen molar-refractivity contribution in [3.05, 3.63) is 200 Å². The number of hydrogen-bond donors (Lipinski definition) is 0. The van der Waals surface area contributed by atoms with Crippen molar-refractivity contribution in [2.24, 2.45) is 0 Å². The highest BCUT2D eigenvalue weighted by molar-refractivity contribution is 7.26. The first-order valence-electron chi connectivity index (χ1n) is 17.8. The van der Waals surface area contributed by atoms with Gasteiger partial charge in [-0.15, -0.1) is 11.3 Å². The molecular formula is C50H33NS. The third-order valence-electron chi connectivity index (χ3n) is 10.2. The Bertz CT molecular complexity index is 2890. The lowest BCUT2D eigenvalue weighted by molar-refractivity contribution is 1.30. The molecule has 0 bridgehead atoms. The average Bonchev–Trinajstić information content (AvgIpc) is 3.61. The maximum absolute atomic E-state index is 2.42. The Morgan fingerprint density at radius 2 is 0.885 bits per heavy atom. The van der Waals surface area contributed by atoms with E-state index in [2.05, 4.69) is 205 Å². The number of anilines is 3. The van der Waals surface area contributed by atoms with Gasteiger partial charge in [0.25, 0.3) is 0 Å². The summed E-state index contributed by atoms with van der Waals surface area (Å²) in [6.07, 6.45) is 0. The quantitative estimate of drug-likeness (QED) is 0.169. The highest BCUT2D eigenvalue weighted by atomic mass is 32.1. The number of thiophene rings is 1. The van der Waals surface area contributed by atoms with Gasteiger partial charge in [-0.1, -0.05) is 146 Å². The van der Waals surface area contributed by atoms with Crippen molar-refractivity contribution < 1.29 is 0 Å². The first kappa shape index (κ1) is 30.4. The monoisotopic (exact) mass is 679 g/mol. The summed E-state index contributed by atoms with van der Waals surface area (Å²) in [6, 6.07) is 72.9. The van der Waals surface area contributed by atoms with Gasteiger partial charge in [0.15, 0.2) is 0 Å². The Morgan fingerprint density at radius 3 is 1.60 bits per heavy atom. The van der Waals surface area contributed by atoms with Crippen LogP contribution in [0.2, 0.25) is 0 Å². The van der Waals surface area contributed by atoms with Crippen LogP contribution in [0.3, 0.4) is 0 Å². The van der Waals surface area contributed by atoms with Crippen molar-refractivity contribution in [3.8, 4) is 33.4 Å². The number of hydrogen-bond acceptors (Lipinski definition) is 2. The van der Waals surface area contributed by atoms with Gasteiger partial charge in [0.05, 0.1) is 5.69 Å². The van der Waals surface area contributed by atoms with Crippen LogP contribution in [-0.4, -0.2) is 0 Å². The Balaban J connectivity index is 1.16. The molecule has 0 N–H and O–H groups in total. The van der Waals surface area contributed by atoms with Crippen LogP contribution >= 0.6 is 11.3 Å². The van der Waals surface area contributed by atoms with Crippen LogP contribution in [0, 0.1) is 0 Å². The molecule has 0 atom stereocenters. The summed E-state index contributed by atoms with van der Waals surface area (Å²) in [5.41, 5.74) is 10.8. The van der Waals surface area contributed by atoms with Crippen LogP contribution in [-0.2, 0) is 0 Å². The summed E-state index contributed by atoms with van der Waals surface area (Å²) in [5, 5.41) is 7.56. The van der Waals surface area contributed by atoms with Gasteiger partial charge < -0.3 is 4.90 Å². The zero-order valence-corrected chi connectivity index (χ0v) is 29.2. The van der Waals surface area contributed by atoms with E-state index in [1.165, 1.54) is 80.8 Å². The van der Waals surface area contributed by atoms with Crippen molar-refractivity contribution in [1.82, 2.24) is 0 Å². The Labute approximate surface area is 307 Å². The highest BCUT2D eigenvalue weighted by Gasteiger charge is 2.21. The Hall–Kier alpha value is -6.48. The van der Waals surface area contributed by atoms with Gasteiger partial charge in [-0.25, -0.2) is 0 Å². The molecule has 0 saturated heterocycles. The lowest BCUT2D eigenvalue weighted by Crippen LogP contribution is -2.10. The van der Waals surface area contributed by atoms with Crippen LogP contribution < -0.4 is 4.90 Å². The van der Waals surface area contributed by atoms with Crippen LogP contribution in [0.4, 0.5) is 17.1 Å². The van der Waals surface area contributed by atoms with E-state index in [1.807, 2.05) is 11.3 Å². The molecule has 1 nitrogen and oxygen atoms in total. The number of para-hydroxylation sites is 1. The summed E-state index contributed by atoms with van der Waals surface area (Å²) in [5.74, 6) is 0. The molecule has 244 valence electrons. The van der Waals surface area contributed by atoms with E-state index in [0.717, 1.165) is 11.4 Å². The molecule has 10 aromatic rings. The molecule has 2 heteroatoms.